The van der Waals surface area contributed by atoms with Gasteiger partial charge in [0.25, 0.3) is 0 Å². The minimum Gasteiger partial charge on any atom is -0.467 e. The van der Waals surface area contributed by atoms with E-state index in [0.717, 1.165) is 0 Å². The lowest BCUT2D eigenvalue weighted by Crippen LogP contribution is -2.42. The predicted octanol–water partition coefficient (Wildman–Crippen LogP) is 1.76. The van der Waals surface area contributed by atoms with Crippen molar-refractivity contribution in [3.8, 4) is 11.5 Å². The molecule has 0 saturated heterocycles. The van der Waals surface area contributed by atoms with Crippen LogP contribution >= 0.6 is 0 Å². The van der Waals surface area contributed by atoms with Crippen LogP contribution in [0.4, 0.5) is 5.95 Å². The molecular formula is C21H19N9O2. The first-order valence-corrected chi connectivity index (χ1v) is 9.77. The van der Waals surface area contributed by atoms with Crippen LogP contribution in [0.5, 0.6) is 0 Å². The van der Waals surface area contributed by atoms with Crippen LogP contribution in [-0.4, -0.2) is 52.4 Å². The Morgan fingerprint density at radius 3 is 2.56 bits per heavy atom. The van der Waals surface area contributed by atoms with Crippen LogP contribution in [0.15, 0.2) is 48.9 Å². The summed E-state index contributed by atoms with van der Waals surface area (Å²) < 4.78 is 8.06. The van der Waals surface area contributed by atoms with Crippen LogP contribution in [0, 0.1) is 6.92 Å². The van der Waals surface area contributed by atoms with Crippen molar-refractivity contribution in [3.05, 3.63) is 60.2 Å². The number of aromatic nitrogens is 8. The predicted molar refractivity (Wildman–Crippen MR) is 115 cm³/mol. The molecule has 0 spiro atoms. The van der Waals surface area contributed by atoms with Crippen LogP contribution in [0.25, 0.3) is 28.2 Å². The number of anilines is 1. The molecule has 2 N–H and O–H groups in total. The van der Waals surface area contributed by atoms with Crippen molar-refractivity contribution in [2.24, 2.45) is 0 Å². The van der Waals surface area contributed by atoms with E-state index in [1.54, 1.807) is 25.5 Å². The molecule has 0 aliphatic rings. The average molecular weight is 429 g/mol. The minimum atomic E-state index is -1.28. The van der Waals surface area contributed by atoms with Crippen molar-refractivity contribution >= 4 is 28.6 Å². The lowest BCUT2D eigenvalue weighted by Gasteiger charge is -2.28. The van der Waals surface area contributed by atoms with E-state index >= 15 is 0 Å². The molecule has 0 aliphatic heterocycles. The second kappa shape index (κ2) is 7.08. The van der Waals surface area contributed by atoms with Gasteiger partial charge in [-0.1, -0.05) is 30.3 Å². The van der Waals surface area contributed by atoms with E-state index in [2.05, 4.69) is 30.1 Å². The molecule has 1 aromatic carbocycles. The van der Waals surface area contributed by atoms with Crippen LogP contribution in [0.3, 0.4) is 0 Å². The van der Waals surface area contributed by atoms with Gasteiger partial charge >= 0.3 is 5.97 Å². The summed E-state index contributed by atoms with van der Waals surface area (Å²) in [4.78, 5) is 30.7. The molecule has 0 saturated carbocycles. The number of carbonyl (C=O) groups excluding carboxylic acids is 1. The van der Waals surface area contributed by atoms with Gasteiger partial charge in [0, 0.05) is 12.4 Å². The summed E-state index contributed by atoms with van der Waals surface area (Å²) in [6.07, 6.45) is 4.76. The molecule has 0 amide bonds. The molecule has 4 heterocycles. The van der Waals surface area contributed by atoms with E-state index in [-0.39, 0.29) is 5.95 Å². The highest BCUT2D eigenvalue weighted by molar-refractivity contribution is 5.93. The van der Waals surface area contributed by atoms with Gasteiger partial charge in [0.05, 0.1) is 24.4 Å². The van der Waals surface area contributed by atoms with E-state index in [9.17, 15) is 4.79 Å². The van der Waals surface area contributed by atoms with Gasteiger partial charge in [0.15, 0.2) is 16.8 Å². The summed E-state index contributed by atoms with van der Waals surface area (Å²) in [5, 5.41) is 9.53. The smallest absolute Gasteiger partial charge is 0.338 e. The Morgan fingerprint density at radius 2 is 1.84 bits per heavy atom. The zero-order chi connectivity index (χ0) is 22.5. The Kier molecular flexibility index (Phi) is 4.33. The number of carbonyl (C=O) groups is 1. The molecule has 0 radical (unpaired) electrons. The number of hydrogen-bond acceptors (Lipinski definition) is 9. The van der Waals surface area contributed by atoms with Gasteiger partial charge in [-0.2, -0.15) is 14.6 Å². The molecule has 0 aliphatic carbocycles. The van der Waals surface area contributed by atoms with Crippen molar-refractivity contribution in [1.29, 1.82) is 0 Å². The Hall–Kier alpha value is -4.41. The van der Waals surface area contributed by atoms with Gasteiger partial charge in [-0.25, -0.2) is 19.4 Å². The first-order chi connectivity index (χ1) is 15.4. The van der Waals surface area contributed by atoms with Crippen LogP contribution in [0.1, 0.15) is 18.2 Å². The number of hydrogen-bond donors (Lipinski definition) is 1. The molecule has 4 aromatic heterocycles. The lowest BCUT2D eigenvalue weighted by atomic mass is 9.92. The van der Waals surface area contributed by atoms with Crippen molar-refractivity contribution in [2.75, 3.05) is 12.8 Å². The third-order valence-corrected chi connectivity index (χ3v) is 5.46. The molecule has 1 unspecified atom stereocenters. The van der Waals surface area contributed by atoms with E-state index in [4.69, 9.17) is 10.5 Å². The summed E-state index contributed by atoms with van der Waals surface area (Å²) in [5.74, 6) is -0.0377. The Labute approximate surface area is 181 Å². The maximum absolute atomic E-state index is 13.0. The molecule has 5 aromatic rings. The highest BCUT2D eigenvalue weighted by Crippen LogP contribution is 2.32. The van der Waals surface area contributed by atoms with Gasteiger partial charge < -0.3 is 10.5 Å². The van der Waals surface area contributed by atoms with Crippen molar-refractivity contribution in [3.63, 3.8) is 0 Å². The minimum absolute atomic E-state index is 0.0924. The number of nitrogens with two attached hydrogens (primary N) is 1. The van der Waals surface area contributed by atoms with Gasteiger partial charge in [-0.05, 0) is 19.4 Å². The summed E-state index contributed by atoms with van der Waals surface area (Å²) in [6.45, 7) is 3.55. The SMILES string of the molecule is COC(=O)C(C)(c1ccccc1)n1ncc2c1nc(N)n1nc(-c3nccnc3C)nc21. The molecule has 160 valence electrons. The summed E-state index contributed by atoms with van der Waals surface area (Å²) >= 11 is 0. The number of nitrogen functional groups attached to an aromatic ring is 1. The molecule has 11 nitrogen and oxygen atoms in total. The van der Waals surface area contributed by atoms with Crippen molar-refractivity contribution in [1.82, 2.24) is 39.3 Å². The summed E-state index contributed by atoms with van der Waals surface area (Å²) in [6, 6.07) is 9.22. The van der Waals surface area contributed by atoms with Crippen LogP contribution in [-0.2, 0) is 15.1 Å². The number of benzene rings is 1. The lowest BCUT2D eigenvalue weighted by molar-refractivity contribution is -0.148. The first-order valence-electron chi connectivity index (χ1n) is 9.77. The van der Waals surface area contributed by atoms with E-state index < -0.39 is 11.5 Å². The second-order valence-corrected chi connectivity index (χ2v) is 7.35. The van der Waals surface area contributed by atoms with Crippen LogP contribution in [0.2, 0.25) is 0 Å². The topological polar surface area (TPSA) is 139 Å². The van der Waals surface area contributed by atoms with Crippen molar-refractivity contribution in [2.45, 2.75) is 19.4 Å². The molecular weight excluding hydrogens is 410 g/mol. The Bertz CT molecular complexity index is 1480. The van der Waals surface area contributed by atoms with Gasteiger partial charge in [0.2, 0.25) is 11.8 Å². The second-order valence-electron chi connectivity index (χ2n) is 7.35. The van der Waals surface area contributed by atoms with Gasteiger partial charge in [-0.15, -0.1) is 5.10 Å². The van der Waals surface area contributed by atoms with E-state index in [1.165, 1.54) is 16.3 Å². The zero-order valence-corrected chi connectivity index (χ0v) is 17.6. The summed E-state index contributed by atoms with van der Waals surface area (Å²) in [7, 11) is 1.34. The Morgan fingerprint density at radius 1 is 1.09 bits per heavy atom. The fraction of sp³-hybridized carbons (Fsp3) is 0.190. The fourth-order valence-electron chi connectivity index (χ4n) is 3.75. The largest absolute Gasteiger partial charge is 0.467 e. The maximum Gasteiger partial charge on any atom is 0.338 e. The number of fused-ring (bicyclic) bond motifs is 3. The third kappa shape index (κ3) is 2.71. The number of rotatable bonds is 4. The average Bonchev–Trinajstić information content (AvgIpc) is 3.44. The highest BCUT2D eigenvalue weighted by Gasteiger charge is 2.41. The number of esters is 1. The first kappa shape index (κ1) is 19.5. The molecule has 32 heavy (non-hydrogen) atoms. The highest BCUT2D eigenvalue weighted by atomic mass is 16.5. The number of nitrogens with zero attached hydrogens (tertiary/aromatic N) is 8. The zero-order valence-electron chi connectivity index (χ0n) is 17.6. The number of ether oxygens (including phenoxy) is 1. The monoisotopic (exact) mass is 429 g/mol. The number of methoxy groups -OCH3 is 1. The number of aryl methyl sites for hydroxylation is 1. The van der Waals surface area contributed by atoms with E-state index in [1.807, 2.05) is 37.3 Å². The van der Waals surface area contributed by atoms with Gasteiger partial charge in [0.1, 0.15) is 5.69 Å². The van der Waals surface area contributed by atoms with E-state index in [0.29, 0.717) is 39.5 Å². The quantitative estimate of drug-likeness (QED) is 0.423. The Balaban J connectivity index is 1.78. The standard InChI is InChI=1S/C21H19N9O2/c1-12-15(24-10-9-23-12)16-26-17-14-11-25-30(18(14)27-20(22)29(17)28-16)21(2,19(31)32-3)13-7-5-4-6-8-13/h4-11H,1-3H3,(H2,22,27). The molecule has 1 atom stereocenters. The molecule has 5 rings (SSSR count). The normalized spacial score (nSPS) is 13.3. The van der Waals surface area contributed by atoms with Gasteiger partial charge in [-0.3, -0.25) is 4.98 Å². The van der Waals surface area contributed by atoms with Crippen molar-refractivity contribution < 1.29 is 9.53 Å². The molecule has 0 fully saturated rings. The van der Waals surface area contributed by atoms with Crippen LogP contribution < -0.4 is 5.73 Å². The summed E-state index contributed by atoms with van der Waals surface area (Å²) in [5.41, 5.74) is 7.68. The fourth-order valence-corrected chi connectivity index (χ4v) is 3.75. The molecule has 0 bridgehead atoms. The molecule has 11 heteroatoms. The third-order valence-electron chi connectivity index (χ3n) is 5.46. The maximum atomic E-state index is 13.0.